The summed E-state index contributed by atoms with van der Waals surface area (Å²) in [5.74, 6) is -0.670. The molecule has 0 radical (unpaired) electrons. The summed E-state index contributed by atoms with van der Waals surface area (Å²) in [4.78, 5) is 27.3. The predicted octanol–water partition coefficient (Wildman–Crippen LogP) is 3.86. The van der Waals surface area contributed by atoms with E-state index < -0.39 is 5.97 Å². The van der Waals surface area contributed by atoms with Crippen LogP contribution in [-0.4, -0.2) is 49.7 Å². The molecule has 3 aromatic rings. The average molecular weight is 418 g/mol. The maximum atomic E-state index is 12.8. The second-order valence-electron chi connectivity index (χ2n) is 7.70. The van der Waals surface area contributed by atoms with Gasteiger partial charge in [0, 0.05) is 19.6 Å². The predicted molar refractivity (Wildman–Crippen MR) is 120 cm³/mol. The average Bonchev–Trinajstić information content (AvgIpc) is 2.79. The molecule has 1 fully saturated rings. The van der Waals surface area contributed by atoms with Gasteiger partial charge in [-0.3, -0.25) is 9.69 Å². The summed E-state index contributed by atoms with van der Waals surface area (Å²) >= 11 is 0. The molecule has 1 aliphatic rings. The molecule has 6 nitrogen and oxygen atoms in total. The molecule has 1 saturated heterocycles. The Balaban J connectivity index is 1.43. The SMILES string of the molecule is COC(=O)c1cc2ccccc2cc1NC(=O)CC1CN(Cc2ccccc2)CCO1. The zero-order valence-electron chi connectivity index (χ0n) is 17.5. The van der Waals surface area contributed by atoms with Crippen molar-refractivity contribution in [3.8, 4) is 0 Å². The van der Waals surface area contributed by atoms with Gasteiger partial charge in [-0.1, -0.05) is 54.6 Å². The van der Waals surface area contributed by atoms with E-state index in [-0.39, 0.29) is 18.4 Å². The molecule has 31 heavy (non-hydrogen) atoms. The van der Waals surface area contributed by atoms with Crippen LogP contribution in [0.25, 0.3) is 10.8 Å². The maximum Gasteiger partial charge on any atom is 0.339 e. The van der Waals surface area contributed by atoms with Crippen LogP contribution in [0.3, 0.4) is 0 Å². The van der Waals surface area contributed by atoms with Crippen LogP contribution >= 0.6 is 0 Å². The zero-order chi connectivity index (χ0) is 21.6. The Morgan fingerprint density at radius 1 is 1.06 bits per heavy atom. The van der Waals surface area contributed by atoms with Crippen LogP contribution in [0, 0.1) is 0 Å². The number of ether oxygens (including phenoxy) is 2. The first kappa shape index (κ1) is 21.0. The van der Waals surface area contributed by atoms with Gasteiger partial charge in [-0.2, -0.15) is 0 Å². The molecule has 0 bridgehead atoms. The Morgan fingerprint density at radius 2 is 1.77 bits per heavy atom. The highest BCUT2D eigenvalue weighted by molar-refractivity contribution is 6.05. The lowest BCUT2D eigenvalue weighted by atomic mass is 10.0. The van der Waals surface area contributed by atoms with Crippen LogP contribution in [0.4, 0.5) is 5.69 Å². The second kappa shape index (κ2) is 9.73. The minimum absolute atomic E-state index is 0.188. The molecule has 1 aliphatic heterocycles. The molecule has 0 aliphatic carbocycles. The molecule has 160 valence electrons. The van der Waals surface area contributed by atoms with Gasteiger partial charge < -0.3 is 14.8 Å². The molecule has 0 spiro atoms. The van der Waals surface area contributed by atoms with Gasteiger partial charge in [-0.15, -0.1) is 0 Å². The van der Waals surface area contributed by atoms with E-state index in [0.717, 1.165) is 23.9 Å². The molecule has 1 heterocycles. The van der Waals surface area contributed by atoms with Crippen LogP contribution in [0.1, 0.15) is 22.3 Å². The largest absolute Gasteiger partial charge is 0.465 e. The minimum atomic E-state index is -0.482. The van der Waals surface area contributed by atoms with Crippen molar-refractivity contribution in [1.29, 1.82) is 0 Å². The molecule has 1 unspecified atom stereocenters. The number of carbonyl (C=O) groups is 2. The second-order valence-corrected chi connectivity index (χ2v) is 7.70. The van der Waals surface area contributed by atoms with Crippen molar-refractivity contribution in [2.75, 3.05) is 32.1 Å². The van der Waals surface area contributed by atoms with Crippen LogP contribution in [0.15, 0.2) is 66.7 Å². The summed E-state index contributed by atoms with van der Waals surface area (Å²) in [6.45, 7) is 2.95. The van der Waals surface area contributed by atoms with Crippen LogP contribution in [-0.2, 0) is 20.8 Å². The topological polar surface area (TPSA) is 67.9 Å². The normalized spacial score (nSPS) is 16.7. The summed E-state index contributed by atoms with van der Waals surface area (Å²) in [5, 5.41) is 4.74. The van der Waals surface area contributed by atoms with E-state index in [1.807, 2.05) is 48.5 Å². The number of benzene rings is 3. The Morgan fingerprint density at radius 3 is 2.52 bits per heavy atom. The van der Waals surface area contributed by atoms with E-state index >= 15 is 0 Å². The van der Waals surface area contributed by atoms with Gasteiger partial charge in [0.1, 0.15) is 0 Å². The van der Waals surface area contributed by atoms with Crippen molar-refractivity contribution >= 4 is 28.3 Å². The summed E-state index contributed by atoms with van der Waals surface area (Å²) < 4.78 is 10.7. The van der Waals surface area contributed by atoms with Gasteiger partial charge in [0.05, 0.1) is 37.5 Å². The van der Waals surface area contributed by atoms with Gasteiger partial charge >= 0.3 is 5.97 Å². The quantitative estimate of drug-likeness (QED) is 0.616. The molecular weight excluding hydrogens is 392 g/mol. The molecule has 0 aromatic heterocycles. The first-order chi connectivity index (χ1) is 15.1. The number of rotatable bonds is 6. The number of hydrogen-bond acceptors (Lipinski definition) is 5. The third-order valence-corrected chi connectivity index (χ3v) is 5.45. The Hall–Kier alpha value is -3.22. The maximum absolute atomic E-state index is 12.8. The number of anilines is 1. The van der Waals surface area contributed by atoms with Crippen LogP contribution < -0.4 is 5.32 Å². The van der Waals surface area contributed by atoms with E-state index in [2.05, 4.69) is 22.3 Å². The molecule has 1 N–H and O–H groups in total. The highest BCUT2D eigenvalue weighted by atomic mass is 16.5. The first-order valence-corrected chi connectivity index (χ1v) is 10.4. The summed E-state index contributed by atoms with van der Waals surface area (Å²) in [6, 6.07) is 21.5. The number of nitrogens with zero attached hydrogens (tertiary/aromatic N) is 1. The molecule has 3 aromatic carbocycles. The molecule has 1 amide bonds. The van der Waals surface area contributed by atoms with Crippen molar-refractivity contribution in [1.82, 2.24) is 4.90 Å². The minimum Gasteiger partial charge on any atom is -0.465 e. The van der Waals surface area contributed by atoms with Crippen molar-refractivity contribution in [3.63, 3.8) is 0 Å². The number of nitrogens with one attached hydrogen (secondary N) is 1. The van der Waals surface area contributed by atoms with Crippen molar-refractivity contribution in [2.24, 2.45) is 0 Å². The molecule has 0 saturated carbocycles. The molecule has 4 rings (SSSR count). The standard InChI is InChI=1S/C25H26N2O4/c1-30-25(29)22-13-19-9-5-6-10-20(19)14-23(22)26-24(28)15-21-17-27(11-12-31-21)16-18-7-3-2-4-8-18/h2-10,13-14,21H,11-12,15-17H2,1H3,(H,26,28). The van der Waals surface area contributed by atoms with Gasteiger partial charge in [-0.05, 0) is 28.5 Å². The summed E-state index contributed by atoms with van der Waals surface area (Å²) in [5.41, 5.74) is 2.03. The lowest BCUT2D eigenvalue weighted by Crippen LogP contribution is -2.43. The van der Waals surface area contributed by atoms with Crippen molar-refractivity contribution < 1.29 is 19.1 Å². The van der Waals surface area contributed by atoms with Crippen LogP contribution in [0.2, 0.25) is 0 Å². The van der Waals surface area contributed by atoms with Gasteiger partial charge in [0.25, 0.3) is 0 Å². The molecule has 6 heteroatoms. The number of methoxy groups -OCH3 is 1. The summed E-state index contributed by atoms with van der Waals surface area (Å²) in [6.07, 6.45) is 0.0260. The zero-order valence-corrected chi connectivity index (χ0v) is 17.5. The number of carbonyl (C=O) groups excluding carboxylic acids is 2. The monoisotopic (exact) mass is 418 g/mol. The van der Waals surface area contributed by atoms with Crippen molar-refractivity contribution in [2.45, 2.75) is 19.1 Å². The Kier molecular flexibility index (Phi) is 6.60. The summed E-state index contributed by atoms with van der Waals surface area (Å²) in [7, 11) is 1.33. The molecule has 1 atom stereocenters. The fourth-order valence-electron chi connectivity index (χ4n) is 3.92. The van der Waals surface area contributed by atoms with E-state index in [4.69, 9.17) is 9.47 Å². The van der Waals surface area contributed by atoms with E-state index in [1.54, 1.807) is 6.07 Å². The third kappa shape index (κ3) is 5.29. The smallest absolute Gasteiger partial charge is 0.339 e. The third-order valence-electron chi connectivity index (χ3n) is 5.45. The van der Waals surface area contributed by atoms with Gasteiger partial charge in [0.15, 0.2) is 0 Å². The Labute approximate surface area is 181 Å². The van der Waals surface area contributed by atoms with Gasteiger partial charge in [0.2, 0.25) is 5.91 Å². The van der Waals surface area contributed by atoms with E-state index in [0.29, 0.717) is 24.4 Å². The Bertz CT molecular complexity index is 1070. The first-order valence-electron chi connectivity index (χ1n) is 10.4. The highest BCUT2D eigenvalue weighted by Crippen LogP contribution is 2.25. The number of morpholine rings is 1. The van der Waals surface area contributed by atoms with E-state index in [9.17, 15) is 9.59 Å². The fourth-order valence-corrected chi connectivity index (χ4v) is 3.92. The lowest BCUT2D eigenvalue weighted by molar-refractivity contribution is -0.121. The number of esters is 1. The fraction of sp³-hybridized carbons (Fsp3) is 0.280. The van der Waals surface area contributed by atoms with Crippen molar-refractivity contribution in [3.05, 3.63) is 77.9 Å². The highest BCUT2D eigenvalue weighted by Gasteiger charge is 2.24. The van der Waals surface area contributed by atoms with Crippen LogP contribution in [0.5, 0.6) is 0 Å². The number of hydrogen-bond donors (Lipinski definition) is 1. The van der Waals surface area contributed by atoms with Gasteiger partial charge in [-0.25, -0.2) is 4.79 Å². The lowest BCUT2D eigenvalue weighted by Gasteiger charge is -2.32. The number of amides is 1. The van der Waals surface area contributed by atoms with E-state index in [1.165, 1.54) is 12.7 Å². The number of fused-ring (bicyclic) bond motifs is 1. The molecular formula is C25H26N2O4.